The fourth-order valence-electron chi connectivity index (χ4n) is 2.80. The highest BCUT2D eigenvalue weighted by Crippen LogP contribution is 2.37. The zero-order valence-electron chi connectivity index (χ0n) is 14.7. The minimum atomic E-state index is -0.307. The van der Waals surface area contributed by atoms with Gasteiger partial charge in [0.15, 0.2) is 0 Å². The number of thioether (sulfide) groups is 1. The Morgan fingerprint density at radius 3 is 2.42 bits per heavy atom. The number of hydrogen-bond acceptors (Lipinski definition) is 5. The van der Waals surface area contributed by atoms with Crippen LogP contribution in [0, 0.1) is 13.8 Å². The van der Waals surface area contributed by atoms with Gasteiger partial charge in [0.1, 0.15) is 0 Å². The molecule has 1 aromatic carbocycles. The Kier molecular flexibility index (Phi) is 5.54. The van der Waals surface area contributed by atoms with Crippen molar-refractivity contribution in [2.45, 2.75) is 20.4 Å². The second-order valence-electron chi connectivity index (χ2n) is 6.13. The summed E-state index contributed by atoms with van der Waals surface area (Å²) in [5.41, 5.74) is 4.20. The molecule has 5 nitrogen and oxygen atoms in total. The Labute approximate surface area is 156 Å². The van der Waals surface area contributed by atoms with E-state index in [-0.39, 0.29) is 25.0 Å². The molecule has 1 aliphatic rings. The summed E-state index contributed by atoms with van der Waals surface area (Å²) in [5, 5.41) is 9.16. The second-order valence-corrected chi connectivity index (χ2v) is 7.23. The third kappa shape index (κ3) is 3.57. The first-order chi connectivity index (χ1) is 12.5. The summed E-state index contributed by atoms with van der Waals surface area (Å²) in [6.07, 6.45) is 3.28. The average Bonchev–Trinajstić information content (AvgIpc) is 2.87. The number of pyridine rings is 1. The number of carbonyl (C=O) groups excluding carboxylic acids is 2. The number of aromatic nitrogens is 1. The first-order valence-electron chi connectivity index (χ1n) is 8.33. The molecule has 0 fully saturated rings. The SMILES string of the molecule is Cc1ccc(C2=C(SCCO)C(=O)N(Cc3ccncc3)C2=O)cc1C. The lowest BCUT2D eigenvalue weighted by Crippen LogP contribution is -2.31. The summed E-state index contributed by atoms with van der Waals surface area (Å²) in [6.45, 7) is 4.14. The molecule has 0 atom stereocenters. The summed E-state index contributed by atoms with van der Waals surface area (Å²) in [5.74, 6) is -0.236. The number of rotatable bonds is 6. The van der Waals surface area contributed by atoms with E-state index in [0.29, 0.717) is 16.2 Å². The number of nitrogens with zero attached hydrogens (tertiary/aromatic N) is 2. The molecule has 0 radical (unpaired) electrons. The van der Waals surface area contributed by atoms with Crippen LogP contribution >= 0.6 is 11.8 Å². The molecule has 0 saturated carbocycles. The van der Waals surface area contributed by atoms with Gasteiger partial charge in [0.05, 0.1) is 23.6 Å². The average molecular weight is 368 g/mol. The van der Waals surface area contributed by atoms with Crippen LogP contribution in [-0.2, 0) is 16.1 Å². The molecule has 26 heavy (non-hydrogen) atoms. The van der Waals surface area contributed by atoms with Crippen molar-refractivity contribution in [2.75, 3.05) is 12.4 Å². The van der Waals surface area contributed by atoms with Gasteiger partial charge in [-0.05, 0) is 48.2 Å². The van der Waals surface area contributed by atoms with Crippen LogP contribution in [0.2, 0.25) is 0 Å². The van der Waals surface area contributed by atoms with Crippen molar-refractivity contribution in [3.05, 3.63) is 69.9 Å². The number of imide groups is 1. The quantitative estimate of drug-likeness (QED) is 0.794. The molecule has 2 aromatic rings. The second kappa shape index (κ2) is 7.85. The topological polar surface area (TPSA) is 70.5 Å². The minimum absolute atomic E-state index is 0.0554. The van der Waals surface area contributed by atoms with E-state index in [4.69, 9.17) is 5.11 Å². The molecule has 0 aliphatic carbocycles. The van der Waals surface area contributed by atoms with Crippen LogP contribution in [0.5, 0.6) is 0 Å². The molecule has 0 spiro atoms. The predicted octanol–water partition coefficient (Wildman–Crippen LogP) is 2.70. The Bertz CT molecular complexity index is 878. The lowest BCUT2D eigenvalue weighted by molar-refractivity contribution is -0.137. The van der Waals surface area contributed by atoms with E-state index in [1.165, 1.54) is 16.7 Å². The molecule has 1 aliphatic heterocycles. The van der Waals surface area contributed by atoms with Crippen LogP contribution in [0.15, 0.2) is 47.6 Å². The zero-order chi connectivity index (χ0) is 18.7. The van der Waals surface area contributed by atoms with Crippen molar-refractivity contribution < 1.29 is 14.7 Å². The molecule has 2 amide bonds. The largest absolute Gasteiger partial charge is 0.396 e. The third-order valence-corrected chi connectivity index (χ3v) is 5.40. The highest BCUT2D eigenvalue weighted by molar-refractivity contribution is 8.04. The summed E-state index contributed by atoms with van der Waals surface area (Å²) >= 11 is 1.23. The van der Waals surface area contributed by atoms with Crippen molar-refractivity contribution in [3.8, 4) is 0 Å². The van der Waals surface area contributed by atoms with E-state index in [2.05, 4.69) is 4.98 Å². The molecule has 0 bridgehead atoms. The van der Waals surface area contributed by atoms with E-state index in [0.717, 1.165) is 22.3 Å². The van der Waals surface area contributed by atoms with Crippen molar-refractivity contribution in [2.24, 2.45) is 0 Å². The monoisotopic (exact) mass is 368 g/mol. The number of carbonyl (C=O) groups is 2. The fourth-order valence-corrected chi connectivity index (χ4v) is 3.68. The van der Waals surface area contributed by atoms with Gasteiger partial charge in [-0.15, -0.1) is 11.8 Å². The lowest BCUT2D eigenvalue weighted by Gasteiger charge is -2.15. The Morgan fingerprint density at radius 1 is 1.04 bits per heavy atom. The standard InChI is InChI=1S/C20H20N2O3S/c1-13-3-4-16(11-14(13)2)17-18(26-10-9-23)20(25)22(19(17)24)12-15-5-7-21-8-6-15/h3-8,11,23H,9-10,12H2,1-2H3. The lowest BCUT2D eigenvalue weighted by atomic mass is 10.0. The van der Waals surface area contributed by atoms with Gasteiger partial charge in [0.25, 0.3) is 11.8 Å². The normalized spacial score (nSPS) is 14.5. The zero-order valence-corrected chi connectivity index (χ0v) is 15.5. The molecule has 1 aromatic heterocycles. The van der Waals surface area contributed by atoms with Crippen molar-refractivity contribution in [1.29, 1.82) is 0 Å². The Morgan fingerprint density at radius 2 is 1.77 bits per heavy atom. The van der Waals surface area contributed by atoms with Crippen molar-refractivity contribution >= 4 is 29.1 Å². The number of aryl methyl sites for hydroxylation is 2. The van der Waals surface area contributed by atoms with Gasteiger partial charge < -0.3 is 5.11 Å². The molecule has 0 unspecified atom stereocenters. The van der Waals surface area contributed by atoms with E-state index < -0.39 is 0 Å². The summed E-state index contributed by atoms with van der Waals surface area (Å²) in [4.78, 5) is 31.6. The molecule has 0 saturated heterocycles. The van der Waals surface area contributed by atoms with Crippen LogP contribution in [0.4, 0.5) is 0 Å². The highest BCUT2D eigenvalue weighted by Gasteiger charge is 2.39. The van der Waals surface area contributed by atoms with E-state index >= 15 is 0 Å². The number of aliphatic hydroxyl groups excluding tert-OH is 1. The number of benzene rings is 1. The van der Waals surface area contributed by atoms with E-state index in [1.54, 1.807) is 24.5 Å². The van der Waals surface area contributed by atoms with Crippen LogP contribution in [0.3, 0.4) is 0 Å². The van der Waals surface area contributed by atoms with Gasteiger partial charge in [-0.3, -0.25) is 19.5 Å². The molecular weight excluding hydrogens is 348 g/mol. The van der Waals surface area contributed by atoms with Crippen LogP contribution in [0.1, 0.15) is 22.3 Å². The number of hydrogen-bond donors (Lipinski definition) is 1. The first kappa shape index (κ1) is 18.4. The summed E-state index contributed by atoms with van der Waals surface area (Å²) in [7, 11) is 0. The molecule has 6 heteroatoms. The molecule has 2 heterocycles. The molecule has 134 valence electrons. The minimum Gasteiger partial charge on any atom is -0.396 e. The van der Waals surface area contributed by atoms with Crippen LogP contribution < -0.4 is 0 Å². The fraction of sp³-hybridized carbons (Fsp3) is 0.250. The third-order valence-electron chi connectivity index (χ3n) is 4.35. The summed E-state index contributed by atoms with van der Waals surface area (Å²) < 4.78 is 0. The number of amides is 2. The summed E-state index contributed by atoms with van der Waals surface area (Å²) in [6, 6.07) is 9.34. The first-order valence-corrected chi connectivity index (χ1v) is 9.32. The Balaban J connectivity index is 1.99. The van der Waals surface area contributed by atoms with Crippen LogP contribution in [0.25, 0.3) is 5.57 Å². The van der Waals surface area contributed by atoms with Crippen LogP contribution in [-0.4, -0.2) is 39.2 Å². The Hall–Kier alpha value is -2.44. The van der Waals surface area contributed by atoms with Crippen molar-refractivity contribution in [1.82, 2.24) is 9.88 Å². The smallest absolute Gasteiger partial charge is 0.268 e. The van der Waals surface area contributed by atoms with Gasteiger partial charge in [-0.1, -0.05) is 18.2 Å². The van der Waals surface area contributed by atoms with Gasteiger partial charge in [0, 0.05) is 18.1 Å². The van der Waals surface area contributed by atoms with E-state index in [9.17, 15) is 9.59 Å². The van der Waals surface area contributed by atoms with Crippen molar-refractivity contribution in [3.63, 3.8) is 0 Å². The van der Waals surface area contributed by atoms with E-state index in [1.807, 2.05) is 32.0 Å². The maximum Gasteiger partial charge on any atom is 0.268 e. The highest BCUT2D eigenvalue weighted by atomic mass is 32.2. The van der Waals surface area contributed by atoms with Gasteiger partial charge >= 0.3 is 0 Å². The maximum atomic E-state index is 13.0. The maximum absolute atomic E-state index is 13.0. The molecule has 3 rings (SSSR count). The molecular formula is C20H20N2O3S. The van der Waals surface area contributed by atoms with Gasteiger partial charge in [0.2, 0.25) is 0 Å². The predicted molar refractivity (Wildman–Crippen MR) is 102 cm³/mol. The van der Waals surface area contributed by atoms with Gasteiger partial charge in [-0.25, -0.2) is 0 Å². The number of aliphatic hydroxyl groups is 1. The molecule has 1 N–H and O–H groups in total. The van der Waals surface area contributed by atoms with Gasteiger partial charge in [-0.2, -0.15) is 0 Å².